The van der Waals surface area contributed by atoms with Crippen molar-refractivity contribution in [1.29, 1.82) is 0 Å². The van der Waals surface area contributed by atoms with Crippen LogP contribution in [-0.2, 0) is 0 Å². The molecular weight excluding hydrogens is 330 g/mol. The first-order valence-corrected chi connectivity index (χ1v) is 9.68. The molecule has 134 valence electrons. The van der Waals surface area contributed by atoms with Crippen LogP contribution in [0.5, 0.6) is 0 Å². The average Bonchev–Trinajstić information content (AvgIpc) is 2.75. The number of piperazine rings is 1. The number of pyridine rings is 1. The van der Waals surface area contributed by atoms with Gasteiger partial charge in [0, 0.05) is 37.8 Å². The highest BCUT2D eigenvalue weighted by Gasteiger charge is 2.26. The number of para-hydroxylation sites is 1. The van der Waals surface area contributed by atoms with Crippen molar-refractivity contribution in [3.8, 4) is 0 Å². The number of hydrogen-bond acceptors (Lipinski definition) is 3. The molecule has 1 N–H and O–H groups in total. The predicted molar refractivity (Wildman–Crippen MR) is 112 cm³/mol. The van der Waals surface area contributed by atoms with E-state index in [9.17, 15) is 0 Å². The second-order valence-electron chi connectivity index (χ2n) is 7.17. The van der Waals surface area contributed by atoms with E-state index in [1.165, 1.54) is 27.3 Å². The molecule has 4 aromatic rings. The maximum Gasteiger partial charge on any atom is 0.0705 e. The van der Waals surface area contributed by atoms with Gasteiger partial charge in [0.05, 0.1) is 11.6 Å². The highest BCUT2D eigenvalue weighted by atomic mass is 15.2. The Morgan fingerprint density at radius 2 is 1.44 bits per heavy atom. The Morgan fingerprint density at radius 1 is 0.741 bits per heavy atom. The number of fused-ring (bicyclic) bond motifs is 2. The highest BCUT2D eigenvalue weighted by molar-refractivity contribution is 5.88. The molecular formula is C24H23N3. The van der Waals surface area contributed by atoms with Crippen molar-refractivity contribution in [1.82, 2.24) is 15.2 Å². The summed E-state index contributed by atoms with van der Waals surface area (Å²) in [4.78, 5) is 7.21. The van der Waals surface area contributed by atoms with Gasteiger partial charge < -0.3 is 5.32 Å². The van der Waals surface area contributed by atoms with Gasteiger partial charge in [0.15, 0.2) is 0 Å². The van der Waals surface area contributed by atoms with Gasteiger partial charge in [0.25, 0.3) is 0 Å². The second kappa shape index (κ2) is 7.10. The fourth-order valence-electron chi connectivity index (χ4n) is 4.35. The van der Waals surface area contributed by atoms with Crippen LogP contribution < -0.4 is 5.32 Å². The number of benzene rings is 3. The lowest BCUT2D eigenvalue weighted by Crippen LogP contribution is -2.45. The van der Waals surface area contributed by atoms with E-state index in [4.69, 9.17) is 0 Å². The topological polar surface area (TPSA) is 28.2 Å². The molecule has 0 radical (unpaired) electrons. The van der Waals surface area contributed by atoms with Gasteiger partial charge in [-0.3, -0.25) is 9.88 Å². The molecule has 3 aromatic carbocycles. The summed E-state index contributed by atoms with van der Waals surface area (Å²) in [6.07, 6.45) is 1.96. The Balaban J connectivity index is 1.76. The largest absolute Gasteiger partial charge is 0.314 e. The van der Waals surface area contributed by atoms with Gasteiger partial charge in [-0.1, -0.05) is 60.7 Å². The summed E-state index contributed by atoms with van der Waals surface area (Å²) in [5.41, 5.74) is 3.79. The summed E-state index contributed by atoms with van der Waals surface area (Å²) in [6.45, 7) is 4.16. The number of hydrogen-bond donors (Lipinski definition) is 1. The highest BCUT2D eigenvalue weighted by Crippen LogP contribution is 2.36. The molecule has 3 nitrogen and oxygen atoms in total. The number of rotatable bonds is 3. The summed E-state index contributed by atoms with van der Waals surface area (Å²) < 4.78 is 0. The predicted octanol–water partition coefficient (Wildman–Crippen LogP) is 4.38. The van der Waals surface area contributed by atoms with E-state index in [0.29, 0.717) is 0 Å². The van der Waals surface area contributed by atoms with Crippen LogP contribution in [0, 0.1) is 0 Å². The molecule has 1 aromatic heterocycles. The molecule has 0 spiro atoms. The monoisotopic (exact) mass is 353 g/mol. The van der Waals surface area contributed by atoms with E-state index in [0.717, 1.165) is 31.7 Å². The minimum Gasteiger partial charge on any atom is -0.314 e. The Morgan fingerprint density at radius 3 is 2.33 bits per heavy atom. The second-order valence-corrected chi connectivity index (χ2v) is 7.17. The average molecular weight is 353 g/mol. The molecule has 3 heteroatoms. The molecule has 0 amide bonds. The van der Waals surface area contributed by atoms with Crippen molar-refractivity contribution >= 4 is 21.7 Å². The van der Waals surface area contributed by atoms with Crippen LogP contribution in [0.3, 0.4) is 0 Å². The SMILES string of the molecule is c1ccc2c(C(c3ccnc4ccccc34)N3CCNCC3)cccc2c1. The van der Waals surface area contributed by atoms with Gasteiger partial charge in [0.2, 0.25) is 0 Å². The number of nitrogens with one attached hydrogen (secondary N) is 1. The zero-order valence-electron chi connectivity index (χ0n) is 15.3. The van der Waals surface area contributed by atoms with Gasteiger partial charge in [0.1, 0.15) is 0 Å². The summed E-state index contributed by atoms with van der Waals surface area (Å²) >= 11 is 0. The van der Waals surface area contributed by atoms with Gasteiger partial charge in [-0.25, -0.2) is 0 Å². The Kier molecular flexibility index (Phi) is 4.32. The van der Waals surface area contributed by atoms with Crippen molar-refractivity contribution < 1.29 is 0 Å². The number of aromatic nitrogens is 1. The van der Waals surface area contributed by atoms with E-state index >= 15 is 0 Å². The molecule has 2 heterocycles. The van der Waals surface area contributed by atoms with Crippen molar-refractivity contribution in [2.75, 3.05) is 26.2 Å². The summed E-state index contributed by atoms with van der Waals surface area (Å²) in [7, 11) is 0. The van der Waals surface area contributed by atoms with Gasteiger partial charge >= 0.3 is 0 Å². The Bertz CT molecular complexity index is 993. The molecule has 0 bridgehead atoms. The number of nitrogens with zero attached hydrogens (tertiary/aromatic N) is 2. The van der Waals surface area contributed by atoms with Crippen LogP contribution in [0.4, 0.5) is 0 Å². The molecule has 27 heavy (non-hydrogen) atoms. The summed E-state index contributed by atoms with van der Waals surface area (Å²) in [5.74, 6) is 0. The molecule has 1 aliphatic rings. The van der Waals surface area contributed by atoms with E-state index in [1.807, 2.05) is 6.20 Å². The van der Waals surface area contributed by atoms with Crippen LogP contribution >= 0.6 is 0 Å². The minimum absolute atomic E-state index is 0.228. The quantitative estimate of drug-likeness (QED) is 0.592. The lowest BCUT2D eigenvalue weighted by molar-refractivity contribution is 0.200. The van der Waals surface area contributed by atoms with Crippen molar-refractivity contribution in [3.63, 3.8) is 0 Å². The molecule has 1 saturated heterocycles. The molecule has 1 fully saturated rings. The lowest BCUT2D eigenvalue weighted by atomic mass is 9.90. The van der Waals surface area contributed by atoms with Gasteiger partial charge in [-0.05, 0) is 34.0 Å². The zero-order chi connectivity index (χ0) is 18.1. The standard InChI is InChI=1S/C24H23N3/c1-2-8-19-18(6-1)7-5-10-21(19)24(27-16-14-25-15-17-27)22-12-13-26-23-11-4-3-9-20(22)23/h1-13,24-25H,14-17H2. The Hall–Kier alpha value is -2.75. The van der Waals surface area contributed by atoms with Crippen LogP contribution in [0.15, 0.2) is 79.0 Å². The lowest BCUT2D eigenvalue weighted by Gasteiger charge is -2.36. The van der Waals surface area contributed by atoms with Crippen LogP contribution in [-0.4, -0.2) is 36.1 Å². The van der Waals surface area contributed by atoms with Crippen LogP contribution in [0.2, 0.25) is 0 Å². The van der Waals surface area contributed by atoms with E-state index in [2.05, 4.69) is 88.0 Å². The molecule has 5 rings (SSSR count). The Labute approximate surface area is 159 Å². The van der Waals surface area contributed by atoms with Gasteiger partial charge in [-0.2, -0.15) is 0 Å². The van der Waals surface area contributed by atoms with Crippen molar-refractivity contribution in [2.24, 2.45) is 0 Å². The smallest absolute Gasteiger partial charge is 0.0705 e. The first kappa shape index (κ1) is 16.4. The third-order valence-corrected chi connectivity index (χ3v) is 5.61. The first-order chi connectivity index (χ1) is 13.4. The van der Waals surface area contributed by atoms with E-state index in [-0.39, 0.29) is 6.04 Å². The fraction of sp³-hybridized carbons (Fsp3) is 0.208. The normalized spacial score (nSPS) is 16.6. The summed E-state index contributed by atoms with van der Waals surface area (Å²) in [5, 5.41) is 7.38. The molecule has 1 atom stereocenters. The molecule has 1 unspecified atom stereocenters. The first-order valence-electron chi connectivity index (χ1n) is 9.68. The molecule has 0 saturated carbocycles. The maximum atomic E-state index is 4.59. The van der Waals surface area contributed by atoms with Crippen molar-refractivity contribution in [3.05, 3.63) is 90.1 Å². The zero-order valence-corrected chi connectivity index (χ0v) is 15.3. The van der Waals surface area contributed by atoms with Crippen LogP contribution in [0.25, 0.3) is 21.7 Å². The molecule has 1 aliphatic heterocycles. The third kappa shape index (κ3) is 2.99. The molecule has 0 aliphatic carbocycles. The fourth-order valence-corrected chi connectivity index (χ4v) is 4.35. The van der Waals surface area contributed by atoms with Crippen LogP contribution in [0.1, 0.15) is 17.2 Å². The van der Waals surface area contributed by atoms with Crippen molar-refractivity contribution in [2.45, 2.75) is 6.04 Å². The minimum atomic E-state index is 0.228. The van der Waals surface area contributed by atoms with Gasteiger partial charge in [-0.15, -0.1) is 0 Å². The third-order valence-electron chi connectivity index (χ3n) is 5.61. The maximum absolute atomic E-state index is 4.59. The summed E-state index contributed by atoms with van der Waals surface area (Å²) in [6, 6.07) is 26.3. The van der Waals surface area contributed by atoms with E-state index < -0.39 is 0 Å². The van der Waals surface area contributed by atoms with E-state index in [1.54, 1.807) is 0 Å².